The summed E-state index contributed by atoms with van der Waals surface area (Å²) in [6, 6.07) is 17.4. The summed E-state index contributed by atoms with van der Waals surface area (Å²) in [5, 5.41) is 7.81. The summed E-state index contributed by atoms with van der Waals surface area (Å²) in [7, 11) is 1.32. The number of halogens is 3. The van der Waals surface area contributed by atoms with Gasteiger partial charge in [0.15, 0.2) is 5.17 Å². The van der Waals surface area contributed by atoms with Crippen molar-refractivity contribution in [3.05, 3.63) is 71.3 Å². The van der Waals surface area contributed by atoms with Gasteiger partial charge < -0.3 is 14.7 Å². The zero-order valence-electron chi connectivity index (χ0n) is 22.4. The Labute approximate surface area is 238 Å². The molecule has 2 amide bonds. The number of hydrogen-bond donors (Lipinski definition) is 1. The second kappa shape index (κ2) is 11.6. The number of carbonyl (C=O) groups excluding carboxylic acids is 3. The van der Waals surface area contributed by atoms with Gasteiger partial charge in [0.25, 0.3) is 0 Å². The van der Waals surface area contributed by atoms with E-state index in [0.717, 1.165) is 11.1 Å². The predicted octanol–water partition coefficient (Wildman–Crippen LogP) is 3.65. The number of imide groups is 1. The molecule has 0 aliphatic carbocycles. The molecule has 2 saturated heterocycles. The highest BCUT2D eigenvalue weighted by atomic mass is 32.2. The largest absolute Gasteiger partial charge is 0.490 e. The van der Waals surface area contributed by atoms with E-state index in [9.17, 15) is 27.6 Å². The van der Waals surface area contributed by atoms with Crippen molar-refractivity contribution < 1.29 is 42.2 Å². The number of aliphatic carboxylic acids is 1. The highest BCUT2D eigenvalue weighted by Crippen LogP contribution is 2.52. The summed E-state index contributed by atoms with van der Waals surface area (Å²) >= 11 is 1.53. The van der Waals surface area contributed by atoms with Crippen LogP contribution in [0.3, 0.4) is 0 Å². The van der Waals surface area contributed by atoms with E-state index in [1.54, 1.807) is 6.92 Å². The minimum atomic E-state index is -5.08. The number of likely N-dealkylation sites (tertiary alicyclic amines) is 1. The molecule has 4 atom stereocenters. The molecule has 0 unspecified atom stereocenters. The molecule has 0 bridgehead atoms. The van der Waals surface area contributed by atoms with Gasteiger partial charge in [-0.25, -0.2) is 9.59 Å². The summed E-state index contributed by atoms with van der Waals surface area (Å²) < 4.78 is 36.9. The van der Waals surface area contributed by atoms with Crippen LogP contribution in [0, 0.1) is 18.8 Å². The lowest BCUT2D eigenvalue weighted by molar-refractivity contribution is -0.192. The smallest absolute Gasteiger partial charge is 0.475 e. The van der Waals surface area contributed by atoms with Gasteiger partial charge in [-0.2, -0.15) is 13.2 Å². The Balaban J connectivity index is 0.000000493. The number of alkyl halides is 3. The molecular weight excluding hydrogens is 563 g/mol. The predicted molar refractivity (Wildman–Crippen MR) is 143 cm³/mol. The number of aryl methyl sites for hydroxylation is 1. The van der Waals surface area contributed by atoms with Crippen molar-refractivity contribution in [2.75, 3.05) is 13.7 Å². The average Bonchev–Trinajstić information content (AvgIpc) is 3.55. The van der Waals surface area contributed by atoms with Gasteiger partial charge in [-0.05, 0) is 25.0 Å². The van der Waals surface area contributed by atoms with E-state index in [4.69, 9.17) is 19.6 Å². The maximum Gasteiger partial charge on any atom is 0.490 e. The van der Waals surface area contributed by atoms with Gasteiger partial charge in [0.2, 0.25) is 11.8 Å². The van der Waals surface area contributed by atoms with E-state index in [0.29, 0.717) is 17.5 Å². The summed E-state index contributed by atoms with van der Waals surface area (Å²) in [5.74, 6) is -4.57. The molecule has 0 saturated carbocycles. The molecule has 2 fully saturated rings. The fraction of sp³-hybridized carbons (Fsp3) is 0.393. The number of carbonyl (C=O) groups is 4. The molecule has 5 rings (SSSR count). The van der Waals surface area contributed by atoms with Crippen LogP contribution in [0.2, 0.25) is 0 Å². The molecule has 9 nitrogen and oxygen atoms in total. The number of amidine groups is 1. The third-order valence-electron chi connectivity index (χ3n) is 7.43. The third-order valence-corrected chi connectivity index (χ3v) is 8.49. The Morgan fingerprint density at radius 2 is 1.68 bits per heavy atom. The number of fused-ring (bicyclic) bond motifs is 3. The number of nitrogens with zero attached hydrogens (tertiary/aromatic N) is 3. The lowest BCUT2D eigenvalue weighted by atomic mass is 9.81. The first-order valence-corrected chi connectivity index (χ1v) is 13.6. The summed E-state index contributed by atoms with van der Waals surface area (Å²) in [4.78, 5) is 57.1. The molecule has 0 radical (unpaired) electrons. The van der Waals surface area contributed by atoms with Crippen LogP contribution in [0.4, 0.5) is 13.2 Å². The van der Waals surface area contributed by atoms with Crippen molar-refractivity contribution in [3.63, 3.8) is 0 Å². The Hall–Kier alpha value is -3.87. The van der Waals surface area contributed by atoms with Crippen molar-refractivity contribution in [2.45, 2.75) is 43.9 Å². The Kier molecular flexibility index (Phi) is 8.48. The molecular formula is C28H28F3N3O6S. The SMILES string of the molecule is COC(=O)[C@@]1(C)[C@H]2C(=O)N(Cc3ccccc3)C(=O)[C@H]2[C@H]2CN=C(SCc3ccc(C)cc3)N21.O=C(O)C(F)(F)F. The lowest BCUT2D eigenvalue weighted by Crippen LogP contribution is -2.57. The number of esters is 1. The van der Waals surface area contributed by atoms with Crippen LogP contribution in [0.15, 0.2) is 59.6 Å². The Morgan fingerprint density at radius 3 is 2.24 bits per heavy atom. The summed E-state index contributed by atoms with van der Waals surface area (Å²) in [5.41, 5.74) is 1.91. The van der Waals surface area contributed by atoms with Crippen LogP contribution in [0.25, 0.3) is 0 Å². The van der Waals surface area contributed by atoms with Crippen LogP contribution in [-0.4, -0.2) is 75.2 Å². The summed E-state index contributed by atoms with van der Waals surface area (Å²) in [6.07, 6.45) is -5.08. The first-order valence-electron chi connectivity index (χ1n) is 12.6. The molecule has 3 heterocycles. The molecule has 0 spiro atoms. The molecule has 2 aromatic carbocycles. The van der Waals surface area contributed by atoms with E-state index in [2.05, 4.69) is 24.3 Å². The fourth-order valence-corrected chi connectivity index (χ4v) is 6.59. The fourth-order valence-electron chi connectivity index (χ4n) is 5.47. The minimum absolute atomic E-state index is 0.200. The van der Waals surface area contributed by atoms with E-state index in [1.165, 1.54) is 29.3 Å². The van der Waals surface area contributed by atoms with Crippen LogP contribution in [0.1, 0.15) is 23.6 Å². The van der Waals surface area contributed by atoms with Crippen LogP contribution < -0.4 is 0 Å². The number of hydrogen-bond acceptors (Lipinski definition) is 8. The normalized spacial score (nSPS) is 24.8. The number of carboxylic acids is 1. The van der Waals surface area contributed by atoms with E-state index >= 15 is 0 Å². The number of benzene rings is 2. The van der Waals surface area contributed by atoms with Crippen molar-refractivity contribution >= 4 is 40.7 Å². The number of ether oxygens (including phenoxy) is 1. The van der Waals surface area contributed by atoms with Crippen LogP contribution >= 0.6 is 11.8 Å². The van der Waals surface area contributed by atoms with Crippen LogP contribution in [0.5, 0.6) is 0 Å². The van der Waals surface area contributed by atoms with Gasteiger partial charge in [-0.3, -0.25) is 19.5 Å². The number of thioether (sulfide) groups is 1. The monoisotopic (exact) mass is 591 g/mol. The molecule has 218 valence electrons. The summed E-state index contributed by atoms with van der Waals surface area (Å²) in [6.45, 7) is 4.34. The van der Waals surface area contributed by atoms with Gasteiger partial charge in [-0.1, -0.05) is 71.9 Å². The minimum Gasteiger partial charge on any atom is -0.475 e. The number of aliphatic imine (C=N–C) groups is 1. The van der Waals surface area contributed by atoms with Gasteiger partial charge in [0.05, 0.1) is 38.1 Å². The highest BCUT2D eigenvalue weighted by molar-refractivity contribution is 8.13. The van der Waals surface area contributed by atoms with Gasteiger partial charge in [0.1, 0.15) is 5.54 Å². The first-order chi connectivity index (χ1) is 19.3. The van der Waals surface area contributed by atoms with E-state index in [1.807, 2.05) is 42.2 Å². The molecule has 0 aromatic heterocycles. The average molecular weight is 592 g/mol. The van der Waals surface area contributed by atoms with E-state index in [-0.39, 0.29) is 24.4 Å². The van der Waals surface area contributed by atoms with Crippen molar-refractivity contribution in [2.24, 2.45) is 16.8 Å². The molecule has 3 aliphatic heterocycles. The van der Waals surface area contributed by atoms with Crippen molar-refractivity contribution in [3.8, 4) is 0 Å². The van der Waals surface area contributed by atoms with Crippen molar-refractivity contribution in [1.29, 1.82) is 0 Å². The second-order valence-corrected chi connectivity index (χ2v) is 11.0. The zero-order valence-corrected chi connectivity index (χ0v) is 23.2. The van der Waals surface area contributed by atoms with Gasteiger partial charge >= 0.3 is 18.1 Å². The topological polar surface area (TPSA) is 117 Å². The molecule has 3 aliphatic rings. The van der Waals surface area contributed by atoms with Crippen molar-refractivity contribution in [1.82, 2.24) is 9.80 Å². The number of carboxylic acid groups (broad SMARTS) is 1. The van der Waals surface area contributed by atoms with E-state index < -0.39 is 35.5 Å². The number of amides is 2. The third kappa shape index (κ3) is 5.67. The maximum absolute atomic E-state index is 13.6. The Bertz CT molecular complexity index is 1370. The quantitative estimate of drug-likeness (QED) is 0.414. The van der Waals surface area contributed by atoms with Gasteiger partial charge in [-0.15, -0.1) is 0 Å². The standard InChI is InChI=1S/C26H27N3O4S.C2HF3O2/c1-16-9-11-18(12-10-16)15-34-25-27-13-19-20-21(26(2,29(19)25)24(32)33-3)23(31)28(22(20)30)14-17-7-5-4-6-8-17;3-2(4,5)1(6)7/h4-12,19-21H,13-15H2,1-3H3;(H,6,7)/t19-,20+,21-,26-;/m1./s1. The zero-order chi connectivity index (χ0) is 30.1. The number of rotatable bonds is 5. The molecule has 41 heavy (non-hydrogen) atoms. The second-order valence-electron chi connectivity index (χ2n) is 10.0. The Morgan fingerprint density at radius 1 is 1.07 bits per heavy atom. The van der Waals surface area contributed by atoms with Gasteiger partial charge in [0, 0.05) is 5.75 Å². The molecule has 1 N–H and O–H groups in total. The highest BCUT2D eigenvalue weighted by Gasteiger charge is 2.72. The lowest BCUT2D eigenvalue weighted by Gasteiger charge is -2.37. The number of methoxy groups -OCH3 is 1. The first kappa shape index (κ1) is 30.1. The maximum atomic E-state index is 13.6. The molecule has 2 aromatic rings. The van der Waals surface area contributed by atoms with Crippen LogP contribution in [-0.2, 0) is 36.2 Å². The molecule has 13 heteroatoms.